The fourth-order valence-electron chi connectivity index (χ4n) is 6.15. The van der Waals surface area contributed by atoms with Gasteiger partial charge in [0.1, 0.15) is 0 Å². The van der Waals surface area contributed by atoms with Crippen LogP contribution in [0.1, 0.15) is 74.8 Å². The zero-order valence-corrected chi connectivity index (χ0v) is 27.4. The number of allylic oxidation sites excluding steroid dienone is 2. The van der Waals surface area contributed by atoms with Gasteiger partial charge in [0.05, 0.1) is 8.07 Å². The van der Waals surface area contributed by atoms with Crippen LogP contribution < -0.4 is 24.8 Å². The molecule has 0 spiro atoms. The Bertz CT molecular complexity index is 1310. The van der Waals surface area contributed by atoms with E-state index in [0.717, 1.165) is 5.54 Å². The van der Waals surface area contributed by atoms with Gasteiger partial charge in [-0.05, 0) is 30.7 Å². The van der Waals surface area contributed by atoms with Gasteiger partial charge in [-0.2, -0.15) is 0 Å². The molecule has 0 saturated carbocycles. The number of hydrogen-bond donors (Lipinski definition) is 0. The van der Waals surface area contributed by atoms with Crippen molar-refractivity contribution in [3.63, 3.8) is 0 Å². The van der Waals surface area contributed by atoms with Gasteiger partial charge in [0.25, 0.3) is 0 Å². The van der Waals surface area contributed by atoms with Gasteiger partial charge >= 0.3 is 137 Å². The van der Waals surface area contributed by atoms with Crippen LogP contribution in [-0.4, -0.2) is 8.07 Å². The summed E-state index contributed by atoms with van der Waals surface area (Å²) in [7, 11) is -0.995. The fourth-order valence-corrected chi connectivity index (χ4v) is 13.3. The minimum atomic E-state index is -0.995. The van der Waals surface area contributed by atoms with Gasteiger partial charge in [-0.1, -0.05) is 18.7 Å². The Balaban J connectivity index is 0.000000199. The van der Waals surface area contributed by atoms with Gasteiger partial charge in [-0.25, -0.2) is 0 Å². The number of hydrogen-bond acceptors (Lipinski definition) is 1. The van der Waals surface area contributed by atoms with E-state index in [4.69, 9.17) is 0 Å². The van der Waals surface area contributed by atoms with Crippen molar-refractivity contribution in [2.75, 3.05) is 0 Å². The maximum absolute atomic E-state index is 2.52. The molecule has 2 aromatic carbocycles. The molecule has 0 saturated heterocycles. The van der Waals surface area contributed by atoms with E-state index in [9.17, 15) is 0 Å². The quantitative estimate of drug-likeness (QED) is 0.389. The van der Waals surface area contributed by atoms with Crippen molar-refractivity contribution in [3.8, 4) is 11.1 Å². The second kappa shape index (κ2) is 10.6. The van der Waals surface area contributed by atoms with Crippen molar-refractivity contribution in [1.82, 2.24) is 0 Å². The summed E-state index contributed by atoms with van der Waals surface area (Å²) < 4.78 is 0.645. The Morgan fingerprint density at radius 3 is 2.14 bits per heavy atom. The van der Waals surface area contributed by atoms with E-state index in [0.29, 0.717) is 9.54 Å². The van der Waals surface area contributed by atoms with E-state index in [-0.39, 0.29) is 24.8 Å². The Kier molecular flexibility index (Phi) is 8.73. The van der Waals surface area contributed by atoms with Gasteiger partial charge in [0.2, 0.25) is 0 Å². The summed E-state index contributed by atoms with van der Waals surface area (Å²) in [6, 6.07) is 18.2. The van der Waals surface area contributed by atoms with Crippen molar-refractivity contribution in [3.05, 3.63) is 91.7 Å². The molecule has 3 aromatic rings. The van der Waals surface area contributed by atoms with Gasteiger partial charge in [-0.15, -0.1) is 11.3 Å². The number of thiophene rings is 1. The van der Waals surface area contributed by atoms with Crippen LogP contribution in [0, 0.1) is 6.92 Å². The third-order valence-electron chi connectivity index (χ3n) is 7.78. The minimum Gasteiger partial charge on any atom is -1.00 e. The first kappa shape index (κ1) is 28.9. The van der Waals surface area contributed by atoms with E-state index in [2.05, 4.69) is 102 Å². The molecule has 5 heteroatoms. The number of rotatable bonds is 2. The van der Waals surface area contributed by atoms with Crippen molar-refractivity contribution in [2.45, 2.75) is 62.8 Å². The molecule has 2 bridgehead atoms. The summed E-state index contributed by atoms with van der Waals surface area (Å²) in [6.07, 6.45) is 2.38. The first-order valence-electron chi connectivity index (χ1n) is 12.1. The average molecular weight is 616 g/mol. The van der Waals surface area contributed by atoms with Crippen LogP contribution in [0.5, 0.6) is 0 Å². The molecular formula is C30H33Cl2SSiZr. The van der Waals surface area contributed by atoms with Gasteiger partial charge < -0.3 is 24.8 Å². The molecule has 0 nitrogen and oxygen atoms in total. The van der Waals surface area contributed by atoms with Crippen molar-refractivity contribution < 1.29 is 49.5 Å². The van der Waals surface area contributed by atoms with E-state index < -0.39 is 8.07 Å². The molecule has 1 aromatic heterocycles. The molecule has 4 aliphatic rings. The molecule has 181 valence electrons. The largest absolute Gasteiger partial charge is 1.00 e. The Labute approximate surface area is 244 Å². The molecule has 3 heterocycles. The third kappa shape index (κ3) is 4.70. The van der Waals surface area contributed by atoms with E-state index in [1.54, 1.807) is 45.9 Å². The molecule has 0 amide bonds. The summed E-state index contributed by atoms with van der Waals surface area (Å²) in [5.74, 6) is 0.594. The monoisotopic (exact) mass is 613 g/mol. The molecule has 0 radical (unpaired) electrons. The van der Waals surface area contributed by atoms with Gasteiger partial charge in [-0.3, -0.25) is 0 Å². The van der Waals surface area contributed by atoms with Gasteiger partial charge in [0, 0.05) is 15.3 Å². The average Bonchev–Trinajstić information content (AvgIpc) is 3.42. The molecular weight excluding hydrogens is 583 g/mol. The standard InChI is InChI=1S/C19H19.C11H14SSi.2ClH.Zr/c1-13(2)15-7-9-16(10-8-15)18-6-4-5-17-11-14(3)12-19(17)18;1-6-5-8-9(12-6)11-7(2)10(8)13(11,3)4;;;/h4-13H,1-3H3;5,10H,1-4H3;2*1H;/q;;;;+2/p-2. The van der Waals surface area contributed by atoms with Crippen molar-refractivity contribution >= 4 is 30.7 Å². The molecule has 2 unspecified atom stereocenters. The smallest absolute Gasteiger partial charge is 1.00 e. The summed E-state index contributed by atoms with van der Waals surface area (Å²) >= 11 is 3.60. The molecule has 35 heavy (non-hydrogen) atoms. The number of halogens is 2. The predicted octanol–water partition coefficient (Wildman–Crippen LogP) is 3.22. The van der Waals surface area contributed by atoms with Crippen molar-refractivity contribution in [2.24, 2.45) is 0 Å². The minimum absolute atomic E-state index is 0. The number of benzene rings is 2. The Hall–Kier alpha value is -0.700. The summed E-state index contributed by atoms with van der Waals surface area (Å²) in [6.45, 7) is 16.3. The number of aryl methyl sites for hydroxylation is 1. The van der Waals surface area contributed by atoms with Crippen LogP contribution in [-0.2, 0) is 24.7 Å². The Morgan fingerprint density at radius 1 is 0.914 bits per heavy atom. The normalized spacial score (nSPS) is 20.1. The second-order valence-electron chi connectivity index (χ2n) is 10.8. The number of fused-ring (bicyclic) bond motifs is 1. The van der Waals surface area contributed by atoms with E-state index in [1.165, 1.54) is 38.3 Å². The third-order valence-corrected chi connectivity index (χ3v) is 15.1. The van der Waals surface area contributed by atoms with Gasteiger partial charge in [0.15, 0.2) is 0 Å². The zero-order valence-electron chi connectivity index (χ0n) is 21.6. The molecule has 2 aliphatic carbocycles. The molecule has 0 N–H and O–H groups in total. The van der Waals surface area contributed by atoms with E-state index in [1.807, 2.05) is 11.3 Å². The summed E-state index contributed by atoms with van der Waals surface area (Å²) in [4.78, 5) is 3.14. The molecule has 2 aliphatic heterocycles. The van der Waals surface area contributed by atoms with Crippen LogP contribution in [0.25, 0.3) is 22.4 Å². The van der Waals surface area contributed by atoms with Crippen LogP contribution in [0.3, 0.4) is 0 Å². The fraction of sp³-hybridized carbons (Fsp3) is 0.333. The predicted molar refractivity (Wildman–Crippen MR) is 144 cm³/mol. The van der Waals surface area contributed by atoms with E-state index >= 15 is 0 Å². The SMILES string of the molecule is CC1=C2c3sc(C)cc3C1[Si]2(C)C.CC1=Cc2c(-c3ccc(C(C)C)cc3)cccc2[CH]1[Zr+2].[Cl-].[Cl-]. The van der Waals surface area contributed by atoms with Crippen molar-refractivity contribution in [1.29, 1.82) is 0 Å². The van der Waals surface area contributed by atoms with Crippen LogP contribution in [0.2, 0.25) is 13.1 Å². The molecule has 2 atom stereocenters. The molecule has 0 fully saturated rings. The van der Waals surface area contributed by atoms with Crippen LogP contribution in [0.15, 0.2) is 59.7 Å². The second-order valence-corrected chi connectivity index (χ2v) is 18.0. The first-order chi connectivity index (χ1) is 15.6. The summed E-state index contributed by atoms with van der Waals surface area (Å²) in [5, 5.41) is 1.78. The maximum Gasteiger partial charge on any atom is -1.00 e. The Morgan fingerprint density at radius 2 is 1.57 bits per heavy atom. The molecule has 7 rings (SSSR count). The van der Waals surface area contributed by atoms with Crippen LogP contribution >= 0.6 is 11.3 Å². The van der Waals surface area contributed by atoms with Crippen LogP contribution in [0.4, 0.5) is 0 Å². The summed E-state index contributed by atoms with van der Waals surface area (Å²) in [5.41, 5.74) is 12.8. The zero-order chi connectivity index (χ0) is 23.7. The topological polar surface area (TPSA) is 0 Å². The first-order valence-corrected chi connectivity index (χ1v) is 17.4. The maximum atomic E-state index is 2.52.